The van der Waals surface area contributed by atoms with Crippen LogP contribution in [0.2, 0.25) is 0 Å². The van der Waals surface area contributed by atoms with Crippen LogP contribution in [0.4, 0.5) is 0 Å². The normalized spacial score (nSPS) is 16.1. The molecule has 0 saturated carbocycles. The van der Waals surface area contributed by atoms with Crippen molar-refractivity contribution in [2.75, 3.05) is 19.7 Å². The number of piperidine rings is 1. The highest BCUT2D eigenvalue weighted by atomic mass is 16.5. The molecule has 0 unspecified atom stereocenters. The summed E-state index contributed by atoms with van der Waals surface area (Å²) in [5, 5.41) is 0. The Bertz CT molecular complexity index is 620. The molecular weight excluding hydrogens is 302 g/mol. The molecule has 0 atom stereocenters. The molecule has 3 rings (SSSR count). The maximum Gasteiger partial charge on any atom is 0.316 e. The van der Waals surface area contributed by atoms with E-state index in [2.05, 4.69) is 27.0 Å². The van der Waals surface area contributed by atoms with Crippen LogP contribution in [-0.2, 0) is 6.54 Å². The van der Waals surface area contributed by atoms with Crippen molar-refractivity contribution in [3.05, 3.63) is 47.8 Å². The summed E-state index contributed by atoms with van der Waals surface area (Å²) < 4.78 is 11.4. The van der Waals surface area contributed by atoms with Gasteiger partial charge in [0, 0.05) is 32.0 Å². The Morgan fingerprint density at radius 3 is 2.38 bits per heavy atom. The lowest BCUT2D eigenvalue weighted by Gasteiger charge is -2.31. The molecule has 24 heavy (non-hydrogen) atoms. The number of rotatable bonds is 6. The molecule has 1 saturated heterocycles. The Hall–Kier alpha value is -2.14. The van der Waals surface area contributed by atoms with Gasteiger partial charge in [0.15, 0.2) is 0 Å². The number of benzene rings is 1. The van der Waals surface area contributed by atoms with Crippen LogP contribution < -0.4 is 9.47 Å². The summed E-state index contributed by atoms with van der Waals surface area (Å²) in [5.41, 5.74) is 2.37. The van der Waals surface area contributed by atoms with Crippen molar-refractivity contribution in [3.8, 4) is 11.8 Å². The molecule has 2 aromatic rings. The van der Waals surface area contributed by atoms with Crippen LogP contribution in [0.15, 0.2) is 36.7 Å². The van der Waals surface area contributed by atoms with Crippen LogP contribution in [0, 0.1) is 6.92 Å². The number of aryl methyl sites for hydroxylation is 1. The summed E-state index contributed by atoms with van der Waals surface area (Å²) in [7, 11) is 0. The Labute approximate surface area is 143 Å². The fraction of sp³-hybridized carbons (Fsp3) is 0.474. The highest BCUT2D eigenvalue weighted by Crippen LogP contribution is 2.19. The standard InChI is InChI=1S/C19H25N3O2/c1-3-23-17-6-4-16(5-7-17)14-22-10-8-18(9-11-22)24-19-20-12-15(2)13-21-19/h4-7,12-13,18H,3,8-11,14H2,1-2H3. The molecule has 0 N–H and O–H groups in total. The summed E-state index contributed by atoms with van der Waals surface area (Å²) in [4.78, 5) is 10.9. The van der Waals surface area contributed by atoms with Crippen molar-refractivity contribution in [1.82, 2.24) is 14.9 Å². The van der Waals surface area contributed by atoms with Crippen molar-refractivity contribution in [2.45, 2.75) is 39.3 Å². The van der Waals surface area contributed by atoms with E-state index in [1.54, 1.807) is 12.4 Å². The summed E-state index contributed by atoms with van der Waals surface area (Å²) >= 11 is 0. The van der Waals surface area contributed by atoms with E-state index in [0.717, 1.165) is 43.8 Å². The molecule has 1 fully saturated rings. The summed E-state index contributed by atoms with van der Waals surface area (Å²) in [5.74, 6) is 0.937. The summed E-state index contributed by atoms with van der Waals surface area (Å²) in [6.45, 7) is 7.72. The fourth-order valence-corrected chi connectivity index (χ4v) is 2.89. The molecule has 0 spiro atoms. The number of nitrogens with zero attached hydrogens (tertiary/aromatic N) is 3. The van der Waals surface area contributed by atoms with E-state index in [1.807, 2.05) is 26.0 Å². The largest absolute Gasteiger partial charge is 0.494 e. The van der Waals surface area contributed by atoms with Crippen LogP contribution in [0.25, 0.3) is 0 Å². The molecule has 128 valence electrons. The Morgan fingerprint density at radius 2 is 1.75 bits per heavy atom. The second-order valence-corrected chi connectivity index (χ2v) is 6.21. The highest BCUT2D eigenvalue weighted by molar-refractivity contribution is 5.27. The third-order valence-electron chi connectivity index (χ3n) is 4.20. The van der Waals surface area contributed by atoms with Crippen LogP contribution >= 0.6 is 0 Å². The third-order valence-corrected chi connectivity index (χ3v) is 4.20. The minimum Gasteiger partial charge on any atom is -0.494 e. The summed E-state index contributed by atoms with van der Waals surface area (Å²) in [6, 6.07) is 8.87. The topological polar surface area (TPSA) is 47.5 Å². The minimum absolute atomic E-state index is 0.212. The van der Waals surface area contributed by atoms with Crippen LogP contribution in [0.5, 0.6) is 11.8 Å². The third kappa shape index (κ3) is 4.68. The van der Waals surface area contributed by atoms with Gasteiger partial charge in [-0.3, -0.25) is 4.90 Å². The van der Waals surface area contributed by atoms with E-state index in [-0.39, 0.29) is 6.10 Å². The van der Waals surface area contributed by atoms with Gasteiger partial charge in [-0.25, -0.2) is 9.97 Å². The smallest absolute Gasteiger partial charge is 0.316 e. The first-order chi connectivity index (χ1) is 11.7. The molecule has 0 radical (unpaired) electrons. The zero-order chi connectivity index (χ0) is 16.8. The molecule has 5 nitrogen and oxygen atoms in total. The molecule has 2 heterocycles. The number of hydrogen-bond donors (Lipinski definition) is 0. The lowest BCUT2D eigenvalue weighted by atomic mass is 10.1. The Balaban J connectivity index is 1.45. The van der Waals surface area contributed by atoms with E-state index in [0.29, 0.717) is 12.6 Å². The quantitative estimate of drug-likeness (QED) is 0.815. The highest BCUT2D eigenvalue weighted by Gasteiger charge is 2.21. The summed E-state index contributed by atoms with van der Waals surface area (Å²) in [6.07, 6.45) is 5.82. The van der Waals surface area contributed by atoms with Crippen molar-refractivity contribution in [3.63, 3.8) is 0 Å². The van der Waals surface area contributed by atoms with Gasteiger partial charge in [0.25, 0.3) is 0 Å². The molecule has 0 aliphatic carbocycles. The van der Waals surface area contributed by atoms with Gasteiger partial charge in [-0.05, 0) is 49.9 Å². The van der Waals surface area contributed by atoms with Gasteiger partial charge in [-0.1, -0.05) is 12.1 Å². The maximum atomic E-state index is 5.89. The van der Waals surface area contributed by atoms with E-state index in [9.17, 15) is 0 Å². The van der Waals surface area contributed by atoms with Gasteiger partial charge >= 0.3 is 6.01 Å². The lowest BCUT2D eigenvalue weighted by molar-refractivity contribution is 0.0892. The zero-order valence-corrected chi connectivity index (χ0v) is 14.4. The number of hydrogen-bond acceptors (Lipinski definition) is 5. The average molecular weight is 327 g/mol. The second-order valence-electron chi connectivity index (χ2n) is 6.21. The van der Waals surface area contributed by atoms with Gasteiger partial charge < -0.3 is 9.47 Å². The van der Waals surface area contributed by atoms with Crippen molar-refractivity contribution < 1.29 is 9.47 Å². The minimum atomic E-state index is 0.212. The first-order valence-electron chi connectivity index (χ1n) is 8.62. The molecule has 0 amide bonds. The Kier molecular flexibility index (Phi) is 5.64. The van der Waals surface area contributed by atoms with Gasteiger partial charge in [-0.15, -0.1) is 0 Å². The molecule has 1 aliphatic rings. The van der Waals surface area contributed by atoms with E-state index in [4.69, 9.17) is 9.47 Å². The Morgan fingerprint density at radius 1 is 1.08 bits per heavy atom. The van der Waals surface area contributed by atoms with Gasteiger partial charge in [0.2, 0.25) is 0 Å². The van der Waals surface area contributed by atoms with E-state index < -0.39 is 0 Å². The predicted molar refractivity (Wildman–Crippen MR) is 93.3 cm³/mol. The maximum absolute atomic E-state index is 5.89. The van der Waals surface area contributed by atoms with Crippen molar-refractivity contribution >= 4 is 0 Å². The number of likely N-dealkylation sites (tertiary alicyclic amines) is 1. The molecule has 5 heteroatoms. The number of ether oxygens (including phenoxy) is 2. The van der Waals surface area contributed by atoms with Crippen LogP contribution in [0.3, 0.4) is 0 Å². The van der Waals surface area contributed by atoms with Crippen molar-refractivity contribution in [2.24, 2.45) is 0 Å². The predicted octanol–water partition coefficient (Wildman–Crippen LogP) is 3.23. The van der Waals surface area contributed by atoms with E-state index in [1.165, 1.54) is 5.56 Å². The van der Waals surface area contributed by atoms with Crippen molar-refractivity contribution in [1.29, 1.82) is 0 Å². The lowest BCUT2D eigenvalue weighted by Crippen LogP contribution is -2.38. The molecule has 1 aliphatic heterocycles. The second kappa shape index (κ2) is 8.11. The van der Waals surface area contributed by atoms with Gasteiger partial charge in [0.1, 0.15) is 11.9 Å². The van der Waals surface area contributed by atoms with Crippen LogP contribution in [0.1, 0.15) is 30.9 Å². The van der Waals surface area contributed by atoms with Crippen LogP contribution in [-0.4, -0.2) is 40.7 Å². The number of aromatic nitrogens is 2. The average Bonchev–Trinajstić information content (AvgIpc) is 2.61. The van der Waals surface area contributed by atoms with Gasteiger partial charge in [-0.2, -0.15) is 0 Å². The van der Waals surface area contributed by atoms with E-state index >= 15 is 0 Å². The van der Waals surface area contributed by atoms with Gasteiger partial charge in [0.05, 0.1) is 6.61 Å². The molecule has 1 aromatic heterocycles. The SMILES string of the molecule is CCOc1ccc(CN2CCC(Oc3ncc(C)cn3)CC2)cc1. The molecule has 0 bridgehead atoms. The first-order valence-corrected chi connectivity index (χ1v) is 8.62. The first kappa shape index (κ1) is 16.7. The fourth-order valence-electron chi connectivity index (χ4n) is 2.89. The molecular formula is C19H25N3O2. The monoisotopic (exact) mass is 327 g/mol. The zero-order valence-electron chi connectivity index (χ0n) is 14.4. The molecule has 1 aromatic carbocycles.